The third kappa shape index (κ3) is 3.12. The van der Waals surface area contributed by atoms with Gasteiger partial charge in [0.1, 0.15) is 0 Å². The SMILES string of the molecule is CC(NS(=O)(=O)c1cc(Br)ccc1Br)C1C2CC3CC(C2)CC1C3. The van der Waals surface area contributed by atoms with Crippen LogP contribution in [0.4, 0.5) is 0 Å². The average molecular weight is 477 g/mol. The zero-order valence-electron chi connectivity index (χ0n) is 13.7. The second kappa shape index (κ2) is 6.36. The number of sulfonamides is 1. The van der Waals surface area contributed by atoms with Gasteiger partial charge < -0.3 is 0 Å². The Kier molecular flexibility index (Phi) is 4.64. The highest BCUT2D eigenvalue weighted by Crippen LogP contribution is 2.57. The van der Waals surface area contributed by atoms with E-state index in [1.807, 2.05) is 6.07 Å². The zero-order valence-corrected chi connectivity index (χ0v) is 17.7. The molecule has 3 nitrogen and oxygen atoms in total. The van der Waals surface area contributed by atoms with E-state index in [0.29, 0.717) is 27.1 Å². The smallest absolute Gasteiger partial charge is 0.208 e. The fourth-order valence-electron chi connectivity index (χ4n) is 5.85. The molecule has 24 heavy (non-hydrogen) atoms. The summed E-state index contributed by atoms with van der Waals surface area (Å²) in [6.07, 6.45) is 6.66. The van der Waals surface area contributed by atoms with E-state index in [0.717, 1.165) is 16.3 Å². The molecule has 0 heterocycles. The molecule has 1 unspecified atom stereocenters. The summed E-state index contributed by atoms with van der Waals surface area (Å²) in [6, 6.07) is 5.27. The Morgan fingerprint density at radius 3 is 2.21 bits per heavy atom. The van der Waals surface area contributed by atoms with Crippen molar-refractivity contribution in [2.24, 2.45) is 29.6 Å². The maximum atomic E-state index is 12.9. The normalized spacial score (nSPS) is 36.0. The summed E-state index contributed by atoms with van der Waals surface area (Å²) in [5.41, 5.74) is 0. The predicted molar refractivity (Wildman–Crippen MR) is 102 cm³/mol. The van der Waals surface area contributed by atoms with Crippen LogP contribution in [0.1, 0.15) is 39.0 Å². The average Bonchev–Trinajstić information content (AvgIpc) is 2.48. The minimum atomic E-state index is -3.52. The molecule has 4 bridgehead atoms. The van der Waals surface area contributed by atoms with Gasteiger partial charge in [-0.15, -0.1) is 0 Å². The molecule has 1 N–H and O–H groups in total. The Morgan fingerprint density at radius 1 is 1.04 bits per heavy atom. The first kappa shape index (κ1) is 17.5. The lowest BCUT2D eigenvalue weighted by atomic mass is 9.51. The Balaban J connectivity index is 1.55. The first-order chi connectivity index (χ1) is 11.3. The third-order valence-electron chi connectivity index (χ3n) is 6.40. The van der Waals surface area contributed by atoms with Gasteiger partial charge >= 0.3 is 0 Å². The highest BCUT2D eigenvalue weighted by atomic mass is 79.9. The largest absolute Gasteiger partial charge is 0.241 e. The van der Waals surface area contributed by atoms with Crippen LogP contribution in [-0.2, 0) is 10.0 Å². The summed E-state index contributed by atoms with van der Waals surface area (Å²) >= 11 is 6.74. The lowest BCUT2D eigenvalue weighted by Crippen LogP contribution is -2.52. The summed E-state index contributed by atoms with van der Waals surface area (Å²) in [6.45, 7) is 2.07. The topological polar surface area (TPSA) is 46.2 Å². The molecule has 4 aliphatic carbocycles. The maximum absolute atomic E-state index is 12.9. The van der Waals surface area contributed by atoms with Gasteiger partial charge in [-0.3, -0.25) is 0 Å². The van der Waals surface area contributed by atoms with Gasteiger partial charge in [0, 0.05) is 15.0 Å². The van der Waals surface area contributed by atoms with Gasteiger partial charge in [-0.25, -0.2) is 13.1 Å². The summed E-state index contributed by atoms with van der Waals surface area (Å²) in [7, 11) is -3.52. The molecule has 5 rings (SSSR count). The summed E-state index contributed by atoms with van der Waals surface area (Å²) < 4.78 is 30.1. The highest BCUT2D eigenvalue weighted by Gasteiger charge is 2.50. The van der Waals surface area contributed by atoms with Crippen molar-refractivity contribution in [2.45, 2.75) is 50.0 Å². The fourth-order valence-corrected chi connectivity index (χ4v) is 8.63. The van der Waals surface area contributed by atoms with Crippen LogP contribution in [-0.4, -0.2) is 14.5 Å². The first-order valence-corrected chi connectivity index (χ1v) is 11.9. The molecule has 1 atom stereocenters. The van der Waals surface area contributed by atoms with Gasteiger partial charge in [-0.2, -0.15) is 0 Å². The van der Waals surface area contributed by atoms with E-state index < -0.39 is 10.0 Å². The van der Waals surface area contributed by atoms with E-state index in [4.69, 9.17) is 0 Å². The lowest BCUT2D eigenvalue weighted by molar-refractivity contribution is -0.0463. The molecule has 0 amide bonds. The van der Waals surface area contributed by atoms with Crippen LogP contribution in [0.5, 0.6) is 0 Å². The van der Waals surface area contributed by atoms with Crippen molar-refractivity contribution in [1.82, 2.24) is 4.72 Å². The van der Waals surface area contributed by atoms with Crippen LogP contribution in [0.3, 0.4) is 0 Å². The molecule has 0 spiro atoms. The van der Waals surface area contributed by atoms with Crippen molar-refractivity contribution in [3.05, 3.63) is 27.1 Å². The number of halogens is 2. The lowest BCUT2D eigenvalue weighted by Gasteiger charge is -2.56. The monoisotopic (exact) mass is 475 g/mol. The number of rotatable bonds is 4. The Labute approximate surface area is 161 Å². The fraction of sp³-hybridized carbons (Fsp3) is 0.667. The van der Waals surface area contributed by atoms with Gasteiger partial charge in [0.25, 0.3) is 0 Å². The van der Waals surface area contributed by atoms with Crippen molar-refractivity contribution in [3.63, 3.8) is 0 Å². The molecule has 6 heteroatoms. The van der Waals surface area contributed by atoms with Gasteiger partial charge in [0.2, 0.25) is 10.0 Å². The van der Waals surface area contributed by atoms with E-state index in [9.17, 15) is 8.42 Å². The van der Waals surface area contributed by atoms with Crippen molar-refractivity contribution in [1.29, 1.82) is 0 Å². The van der Waals surface area contributed by atoms with Crippen molar-refractivity contribution in [2.75, 3.05) is 0 Å². The molecule has 0 saturated heterocycles. The molecule has 1 aromatic carbocycles. The number of hydrogen-bond acceptors (Lipinski definition) is 2. The Morgan fingerprint density at radius 2 is 1.62 bits per heavy atom. The molecule has 0 aliphatic heterocycles. The number of nitrogens with one attached hydrogen (secondary N) is 1. The van der Waals surface area contributed by atoms with Gasteiger partial charge in [-0.1, -0.05) is 15.9 Å². The standard InChI is InChI=1S/C18H23Br2NO2S/c1-10(18-13-5-11-4-12(7-13)8-14(18)6-11)21-24(22,23)17-9-15(19)2-3-16(17)20/h2-3,9-14,18,21H,4-8H2,1H3. The van der Waals surface area contributed by atoms with Crippen LogP contribution in [0.25, 0.3) is 0 Å². The maximum Gasteiger partial charge on any atom is 0.241 e. The molecule has 0 aromatic heterocycles. The molecule has 132 valence electrons. The summed E-state index contributed by atoms with van der Waals surface area (Å²) in [5.74, 6) is 3.74. The highest BCUT2D eigenvalue weighted by molar-refractivity contribution is 9.11. The number of hydrogen-bond donors (Lipinski definition) is 1. The predicted octanol–water partition coefficient (Wildman–Crippen LogP) is 4.95. The molecular weight excluding hydrogens is 454 g/mol. The molecule has 0 radical (unpaired) electrons. The number of benzene rings is 1. The van der Waals surface area contributed by atoms with Crippen LogP contribution in [0.15, 0.2) is 32.0 Å². The first-order valence-electron chi connectivity index (χ1n) is 8.81. The van der Waals surface area contributed by atoms with Gasteiger partial charge in [-0.05, 0) is 103 Å². The van der Waals surface area contributed by atoms with E-state index in [1.54, 1.807) is 12.1 Å². The molecular formula is C18H23Br2NO2S. The molecule has 4 fully saturated rings. The molecule has 1 aromatic rings. The molecule has 4 saturated carbocycles. The zero-order chi connectivity index (χ0) is 17.1. The van der Waals surface area contributed by atoms with Crippen molar-refractivity contribution < 1.29 is 8.42 Å². The molecule has 4 aliphatic rings. The van der Waals surface area contributed by atoms with E-state index in [1.165, 1.54) is 32.1 Å². The van der Waals surface area contributed by atoms with E-state index in [-0.39, 0.29) is 6.04 Å². The minimum Gasteiger partial charge on any atom is -0.208 e. The summed E-state index contributed by atoms with van der Waals surface area (Å²) in [5, 5.41) is 0. The second-order valence-electron chi connectivity index (χ2n) is 7.99. The van der Waals surface area contributed by atoms with E-state index >= 15 is 0 Å². The Bertz CT molecular complexity index is 721. The Hall–Kier alpha value is 0.0900. The minimum absolute atomic E-state index is 0.00381. The van der Waals surface area contributed by atoms with Crippen molar-refractivity contribution >= 4 is 41.9 Å². The van der Waals surface area contributed by atoms with Gasteiger partial charge in [0.15, 0.2) is 0 Å². The van der Waals surface area contributed by atoms with Crippen molar-refractivity contribution in [3.8, 4) is 0 Å². The van der Waals surface area contributed by atoms with Gasteiger partial charge in [0.05, 0.1) is 4.90 Å². The van der Waals surface area contributed by atoms with Crippen LogP contribution >= 0.6 is 31.9 Å². The third-order valence-corrected chi connectivity index (χ3v) is 9.45. The van der Waals surface area contributed by atoms with Crippen LogP contribution in [0.2, 0.25) is 0 Å². The van der Waals surface area contributed by atoms with E-state index in [2.05, 4.69) is 43.5 Å². The van der Waals surface area contributed by atoms with Crippen LogP contribution < -0.4 is 4.72 Å². The quantitative estimate of drug-likeness (QED) is 0.668. The van der Waals surface area contributed by atoms with Crippen LogP contribution in [0, 0.1) is 29.6 Å². The summed E-state index contributed by atoms with van der Waals surface area (Å²) in [4.78, 5) is 0.313. The second-order valence-corrected chi connectivity index (χ2v) is 11.4.